The first-order chi connectivity index (χ1) is 12.5. The Hall–Kier alpha value is -1.44. The van der Waals surface area contributed by atoms with Crippen molar-refractivity contribution in [2.45, 2.75) is 62.4 Å². The quantitative estimate of drug-likeness (QED) is 0.818. The highest BCUT2D eigenvalue weighted by atomic mass is 32.2. The van der Waals surface area contributed by atoms with Crippen molar-refractivity contribution < 1.29 is 13.2 Å². The Morgan fingerprint density at radius 2 is 1.92 bits per heavy atom. The highest BCUT2D eigenvalue weighted by Gasteiger charge is 2.27. The molecule has 0 aromatic heterocycles. The number of rotatable bonds is 5. The van der Waals surface area contributed by atoms with E-state index in [-0.39, 0.29) is 17.9 Å². The Labute approximate surface area is 156 Å². The van der Waals surface area contributed by atoms with E-state index in [9.17, 15) is 13.2 Å². The molecule has 1 amide bonds. The highest BCUT2D eigenvalue weighted by molar-refractivity contribution is 7.89. The lowest BCUT2D eigenvalue weighted by Crippen LogP contribution is -2.37. The lowest BCUT2D eigenvalue weighted by atomic mass is 9.85. The van der Waals surface area contributed by atoms with Gasteiger partial charge in [0.1, 0.15) is 0 Å². The fourth-order valence-electron chi connectivity index (χ4n) is 3.87. The third kappa shape index (κ3) is 4.64. The number of carbonyl (C=O) groups is 1. The van der Waals surface area contributed by atoms with Crippen LogP contribution < -0.4 is 11.1 Å². The molecular weight excluding hydrogens is 350 g/mol. The monoisotopic (exact) mass is 379 g/mol. The summed E-state index contributed by atoms with van der Waals surface area (Å²) in [6, 6.07) is 7.01. The molecule has 144 valence electrons. The van der Waals surface area contributed by atoms with Crippen LogP contribution in [0.3, 0.4) is 0 Å². The lowest BCUT2D eigenvalue weighted by Gasteiger charge is -2.26. The van der Waals surface area contributed by atoms with Crippen LogP contribution in [0.4, 0.5) is 0 Å². The van der Waals surface area contributed by atoms with Gasteiger partial charge in [0, 0.05) is 31.6 Å². The van der Waals surface area contributed by atoms with E-state index in [0.717, 1.165) is 50.5 Å². The molecule has 1 aromatic carbocycles. The van der Waals surface area contributed by atoms with Crippen molar-refractivity contribution in [3.8, 4) is 0 Å². The molecule has 0 spiro atoms. The van der Waals surface area contributed by atoms with Gasteiger partial charge in [-0.2, -0.15) is 4.31 Å². The summed E-state index contributed by atoms with van der Waals surface area (Å²) < 4.78 is 27.1. The van der Waals surface area contributed by atoms with Crippen molar-refractivity contribution in [2.24, 2.45) is 11.7 Å². The first kappa shape index (κ1) is 19.3. The van der Waals surface area contributed by atoms with Crippen LogP contribution in [0.15, 0.2) is 29.2 Å². The summed E-state index contributed by atoms with van der Waals surface area (Å²) in [5.74, 6) is -0.0107. The summed E-state index contributed by atoms with van der Waals surface area (Å²) in [5.41, 5.74) is 6.76. The van der Waals surface area contributed by atoms with Crippen LogP contribution in [-0.4, -0.2) is 37.8 Å². The fourth-order valence-corrected chi connectivity index (χ4v) is 5.46. The van der Waals surface area contributed by atoms with Gasteiger partial charge in [-0.05, 0) is 49.8 Å². The standard InChI is InChI=1S/C19H29N3O3S/c20-17-8-5-7-16(13-17)19(23)21-14-15-6-4-9-18(12-15)26(24,25)22-10-2-1-3-11-22/h4,6,9,12,16-17H,1-3,5,7-8,10-11,13-14,20H2,(H,21,23). The van der Waals surface area contributed by atoms with Crippen molar-refractivity contribution in [3.05, 3.63) is 29.8 Å². The summed E-state index contributed by atoms with van der Waals surface area (Å²) in [5, 5.41) is 2.94. The molecule has 0 bridgehead atoms. The Morgan fingerprint density at radius 3 is 2.65 bits per heavy atom. The second-order valence-electron chi connectivity index (χ2n) is 7.45. The van der Waals surface area contributed by atoms with Gasteiger partial charge in [-0.25, -0.2) is 8.42 Å². The van der Waals surface area contributed by atoms with Crippen LogP contribution in [0.1, 0.15) is 50.5 Å². The zero-order valence-corrected chi connectivity index (χ0v) is 16.0. The molecule has 1 heterocycles. The number of benzene rings is 1. The van der Waals surface area contributed by atoms with Crippen molar-refractivity contribution in [2.75, 3.05) is 13.1 Å². The van der Waals surface area contributed by atoms with Crippen molar-refractivity contribution in [1.29, 1.82) is 0 Å². The Morgan fingerprint density at radius 1 is 1.15 bits per heavy atom. The molecule has 2 atom stereocenters. The van der Waals surface area contributed by atoms with E-state index in [2.05, 4.69) is 5.32 Å². The molecule has 1 saturated heterocycles. The van der Waals surface area contributed by atoms with Crippen molar-refractivity contribution in [1.82, 2.24) is 9.62 Å². The maximum atomic E-state index is 12.8. The van der Waals surface area contributed by atoms with E-state index in [1.807, 2.05) is 6.07 Å². The average Bonchev–Trinajstić information content (AvgIpc) is 2.67. The van der Waals surface area contributed by atoms with E-state index in [4.69, 9.17) is 5.73 Å². The highest BCUT2D eigenvalue weighted by Crippen LogP contribution is 2.24. The number of nitrogens with zero attached hydrogens (tertiary/aromatic N) is 1. The average molecular weight is 380 g/mol. The second-order valence-corrected chi connectivity index (χ2v) is 9.39. The summed E-state index contributed by atoms with van der Waals surface area (Å²) in [7, 11) is -3.45. The van der Waals surface area contributed by atoms with Crippen LogP contribution in [0, 0.1) is 5.92 Å². The molecular formula is C19H29N3O3S. The molecule has 26 heavy (non-hydrogen) atoms. The number of carbonyl (C=O) groups excluding carboxylic acids is 1. The van der Waals surface area contributed by atoms with Gasteiger partial charge in [-0.1, -0.05) is 25.0 Å². The Bertz CT molecular complexity index is 729. The zero-order chi connectivity index (χ0) is 18.6. The molecule has 3 rings (SSSR count). The molecule has 6 nitrogen and oxygen atoms in total. The summed E-state index contributed by atoms with van der Waals surface area (Å²) in [6.45, 7) is 1.52. The van der Waals surface area contributed by atoms with Gasteiger partial charge in [0.15, 0.2) is 0 Å². The molecule has 1 aliphatic heterocycles. The topological polar surface area (TPSA) is 92.5 Å². The third-order valence-corrected chi connectivity index (χ3v) is 7.30. The summed E-state index contributed by atoms with van der Waals surface area (Å²) >= 11 is 0. The third-order valence-electron chi connectivity index (χ3n) is 5.40. The number of amides is 1. The van der Waals surface area contributed by atoms with E-state index in [1.54, 1.807) is 22.5 Å². The molecule has 1 saturated carbocycles. The Balaban J connectivity index is 1.63. The Kier molecular flexibility index (Phi) is 6.32. The summed E-state index contributed by atoms with van der Waals surface area (Å²) in [4.78, 5) is 12.7. The first-order valence-corrected chi connectivity index (χ1v) is 11.0. The number of hydrogen-bond donors (Lipinski definition) is 2. The maximum Gasteiger partial charge on any atom is 0.243 e. The maximum absolute atomic E-state index is 12.8. The van der Waals surface area contributed by atoms with Crippen LogP contribution >= 0.6 is 0 Å². The normalized spacial score (nSPS) is 25.0. The molecule has 2 unspecified atom stereocenters. The first-order valence-electron chi connectivity index (χ1n) is 9.59. The molecule has 2 fully saturated rings. The molecule has 2 aliphatic rings. The van der Waals surface area contributed by atoms with Crippen LogP contribution in [0.2, 0.25) is 0 Å². The van der Waals surface area contributed by atoms with E-state index in [1.165, 1.54) is 0 Å². The minimum Gasteiger partial charge on any atom is -0.352 e. The molecule has 3 N–H and O–H groups in total. The van der Waals surface area contributed by atoms with Gasteiger partial charge < -0.3 is 11.1 Å². The van der Waals surface area contributed by atoms with Crippen molar-refractivity contribution in [3.63, 3.8) is 0 Å². The number of hydrogen-bond acceptors (Lipinski definition) is 4. The molecule has 7 heteroatoms. The SMILES string of the molecule is NC1CCCC(C(=O)NCc2cccc(S(=O)(=O)N3CCCCC3)c2)C1. The second kappa shape index (κ2) is 8.50. The van der Waals surface area contributed by atoms with Gasteiger partial charge in [-0.3, -0.25) is 4.79 Å². The predicted molar refractivity (Wildman–Crippen MR) is 101 cm³/mol. The largest absolute Gasteiger partial charge is 0.352 e. The van der Waals surface area contributed by atoms with Crippen LogP contribution in [-0.2, 0) is 21.4 Å². The van der Waals surface area contributed by atoms with Gasteiger partial charge in [0.05, 0.1) is 4.90 Å². The van der Waals surface area contributed by atoms with E-state index in [0.29, 0.717) is 24.5 Å². The van der Waals surface area contributed by atoms with Crippen LogP contribution in [0.5, 0.6) is 0 Å². The van der Waals surface area contributed by atoms with Gasteiger partial charge in [0.25, 0.3) is 0 Å². The number of nitrogens with two attached hydrogens (primary N) is 1. The molecule has 1 aliphatic carbocycles. The van der Waals surface area contributed by atoms with Gasteiger partial charge in [-0.15, -0.1) is 0 Å². The van der Waals surface area contributed by atoms with E-state index >= 15 is 0 Å². The molecule has 0 radical (unpaired) electrons. The molecule has 1 aromatic rings. The summed E-state index contributed by atoms with van der Waals surface area (Å²) in [6.07, 6.45) is 6.50. The number of nitrogens with one attached hydrogen (secondary N) is 1. The minimum absolute atomic E-state index is 0.0180. The lowest BCUT2D eigenvalue weighted by molar-refractivity contribution is -0.126. The minimum atomic E-state index is -3.45. The smallest absolute Gasteiger partial charge is 0.243 e. The van der Waals surface area contributed by atoms with Crippen LogP contribution in [0.25, 0.3) is 0 Å². The van der Waals surface area contributed by atoms with Gasteiger partial charge >= 0.3 is 0 Å². The number of piperidine rings is 1. The van der Waals surface area contributed by atoms with E-state index < -0.39 is 10.0 Å². The predicted octanol–water partition coefficient (Wildman–Crippen LogP) is 1.99. The number of sulfonamides is 1. The van der Waals surface area contributed by atoms with Gasteiger partial charge in [0.2, 0.25) is 15.9 Å². The van der Waals surface area contributed by atoms with Crippen molar-refractivity contribution >= 4 is 15.9 Å². The fraction of sp³-hybridized carbons (Fsp3) is 0.632. The zero-order valence-electron chi connectivity index (χ0n) is 15.2.